The van der Waals surface area contributed by atoms with Crippen LogP contribution in [0, 0.1) is 11.3 Å². The van der Waals surface area contributed by atoms with Gasteiger partial charge in [0, 0.05) is 5.56 Å². The van der Waals surface area contributed by atoms with Crippen molar-refractivity contribution in [3.63, 3.8) is 0 Å². The highest BCUT2D eigenvalue weighted by Crippen LogP contribution is 2.29. The quantitative estimate of drug-likeness (QED) is 0.656. The van der Waals surface area contributed by atoms with Gasteiger partial charge >= 0.3 is 0 Å². The van der Waals surface area contributed by atoms with E-state index in [4.69, 9.17) is 4.74 Å². The molecule has 1 unspecified atom stereocenters. The maximum Gasteiger partial charge on any atom is 0.123 e. The lowest BCUT2D eigenvalue weighted by molar-refractivity contribution is 0.335. The lowest BCUT2D eigenvalue weighted by Crippen LogP contribution is -2.01. The first-order valence-electron chi connectivity index (χ1n) is 6.44. The second-order valence-electron chi connectivity index (χ2n) is 4.15. The minimum atomic E-state index is -0.0377. The largest absolute Gasteiger partial charge is 0.494 e. The van der Waals surface area contributed by atoms with E-state index in [1.807, 2.05) is 31.2 Å². The predicted octanol–water partition coefficient (Wildman–Crippen LogP) is 4.27. The molecule has 17 heavy (non-hydrogen) atoms. The third kappa shape index (κ3) is 4.11. The minimum absolute atomic E-state index is 0.0377. The van der Waals surface area contributed by atoms with Gasteiger partial charge in [-0.3, -0.25) is 0 Å². The summed E-state index contributed by atoms with van der Waals surface area (Å²) in [5.74, 6) is 0.822. The fraction of sp³-hybridized carbons (Fsp3) is 0.533. The van der Waals surface area contributed by atoms with E-state index in [0.29, 0.717) is 6.61 Å². The van der Waals surface area contributed by atoms with Crippen LogP contribution >= 0.6 is 0 Å². The van der Waals surface area contributed by atoms with Crippen molar-refractivity contribution in [2.75, 3.05) is 6.61 Å². The molecule has 0 aromatic heterocycles. The van der Waals surface area contributed by atoms with Gasteiger partial charge in [0.1, 0.15) is 5.75 Å². The van der Waals surface area contributed by atoms with Gasteiger partial charge in [-0.1, -0.05) is 44.4 Å². The number of benzene rings is 1. The van der Waals surface area contributed by atoms with Crippen molar-refractivity contribution in [2.45, 2.75) is 45.4 Å². The molecule has 0 aliphatic heterocycles. The van der Waals surface area contributed by atoms with Gasteiger partial charge in [0.2, 0.25) is 0 Å². The molecule has 0 spiro atoms. The molecule has 0 saturated carbocycles. The summed E-state index contributed by atoms with van der Waals surface area (Å²) in [4.78, 5) is 0. The number of unbranched alkanes of at least 4 members (excludes halogenated alkanes) is 2. The molecule has 2 nitrogen and oxygen atoms in total. The standard InChI is InChI=1S/C15H21NO/c1-3-5-6-9-13(12-16)14-10-7-8-11-15(14)17-4-2/h7-8,10-11,13H,3-6,9H2,1-2H3. The molecule has 1 atom stereocenters. The second-order valence-corrected chi connectivity index (χ2v) is 4.15. The van der Waals surface area contributed by atoms with Crippen LogP contribution in [-0.4, -0.2) is 6.61 Å². The van der Waals surface area contributed by atoms with Crippen LogP contribution in [0.2, 0.25) is 0 Å². The first kappa shape index (κ1) is 13.6. The number of hydrogen-bond donors (Lipinski definition) is 0. The zero-order valence-corrected chi connectivity index (χ0v) is 10.8. The highest BCUT2D eigenvalue weighted by Gasteiger charge is 2.14. The fourth-order valence-corrected chi connectivity index (χ4v) is 1.94. The zero-order valence-electron chi connectivity index (χ0n) is 10.8. The minimum Gasteiger partial charge on any atom is -0.494 e. The molecule has 0 bridgehead atoms. The van der Waals surface area contributed by atoms with Crippen LogP contribution in [0.4, 0.5) is 0 Å². The Labute approximate surface area is 104 Å². The van der Waals surface area contributed by atoms with Gasteiger partial charge in [0.15, 0.2) is 0 Å². The predicted molar refractivity (Wildman–Crippen MR) is 70.1 cm³/mol. The summed E-state index contributed by atoms with van der Waals surface area (Å²) in [5.41, 5.74) is 1.04. The Balaban J connectivity index is 2.76. The monoisotopic (exact) mass is 231 g/mol. The molecule has 0 aliphatic carbocycles. The van der Waals surface area contributed by atoms with Crippen molar-refractivity contribution in [3.05, 3.63) is 29.8 Å². The molecule has 92 valence electrons. The van der Waals surface area contributed by atoms with Crippen LogP contribution < -0.4 is 4.74 Å². The van der Waals surface area contributed by atoms with E-state index >= 15 is 0 Å². The van der Waals surface area contributed by atoms with Gasteiger partial charge in [-0.25, -0.2) is 0 Å². The van der Waals surface area contributed by atoms with Crippen molar-refractivity contribution in [1.29, 1.82) is 5.26 Å². The Morgan fingerprint density at radius 3 is 2.65 bits per heavy atom. The van der Waals surface area contributed by atoms with Crippen molar-refractivity contribution in [3.8, 4) is 11.8 Å². The van der Waals surface area contributed by atoms with Crippen LogP contribution in [0.5, 0.6) is 5.75 Å². The Bertz CT molecular complexity index is 367. The molecule has 1 aromatic rings. The third-order valence-electron chi connectivity index (χ3n) is 2.85. The van der Waals surface area contributed by atoms with Crippen molar-refractivity contribution in [2.24, 2.45) is 0 Å². The van der Waals surface area contributed by atoms with Crippen molar-refractivity contribution in [1.82, 2.24) is 0 Å². The number of nitriles is 1. The molecule has 1 rings (SSSR count). The lowest BCUT2D eigenvalue weighted by atomic mass is 9.94. The SMILES string of the molecule is CCCCCC(C#N)c1ccccc1OCC. The molecule has 1 aromatic carbocycles. The molecule has 0 aliphatic rings. The number of hydrogen-bond acceptors (Lipinski definition) is 2. The van der Waals surface area contributed by atoms with Crippen molar-refractivity contribution < 1.29 is 4.74 Å². The smallest absolute Gasteiger partial charge is 0.123 e. The highest BCUT2D eigenvalue weighted by molar-refractivity contribution is 5.39. The van der Waals surface area contributed by atoms with Gasteiger partial charge in [-0.2, -0.15) is 5.26 Å². The summed E-state index contributed by atoms with van der Waals surface area (Å²) in [6.07, 6.45) is 4.41. The Kier molecular flexibility index (Phi) is 6.17. The molecule has 2 heteroatoms. The van der Waals surface area contributed by atoms with Gasteiger partial charge in [0.25, 0.3) is 0 Å². The van der Waals surface area contributed by atoms with Crippen molar-refractivity contribution >= 4 is 0 Å². The van der Waals surface area contributed by atoms with E-state index in [-0.39, 0.29) is 5.92 Å². The van der Waals surface area contributed by atoms with Gasteiger partial charge in [-0.05, 0) is 19.4 Å². The van der Waals surface area contributed by atoms with Gasteiger partial charge < -0.3 is 4.74 Å². The fourth-order valence-electron chi connectivity index (χ4n) is 1.94. The summed E-state index contributed by atoms with van der Waals surface area (Å²) in [6.45, 7) is 4.79. The number of ether oxygens (including phenoxy) is 1. The summed E-state index contributed by atoms with van der Waals surface area (Å²) < 4.78 is 5.57. The van der Waals surface area contributed by atoms with E-state index in [1.165, 1.54) is 12.8 Å². The first-order chi connectivity index (χ1) is 8.33. The Morgan fingerprint density at radius 2 is 2.00 bits per heavy atom. The average molecular weight is 231 g/mol. The Hall–Kier alpha value is -1.49. The molecule has 0 radical (unpaired) electrons. The summed E-state index contributed by atoms with van der Waals surface area (Å²) in [7, 11) is 0. The zero-order chi connectivity index (χ0) is 12.5. The van der Waals surface area contributed by atoms with Crippen LogP contribution in [0.3, 0.4) is 0 Å². The number of para-hydroxylation sites is 1. The molecule has 0 heterocycles. The van der Waals surface area contributed by atoms with Crippen LogP contribution in [0.15, 0.2) is 24.3 Å². The van der Waals surface area contributed by atoms with Crippen LogP contribution in [-0.2, 0) is 0 Å². The highest BCUT2D eigenvalue weighted by atomic mass is 16.5. The average Bonchev–Trinajstić information content (AvgIpc) is 2.36. The normalized spacial score (nSPS) is 11.8. The number of rotatable bonds is 7. The van der Waals surface area contributed by atoms with Crippen LogP contribution in [0.1, 0.15) is 51.0 Å². The topological polar surface area (TPSA) is 33.0 Å². The second kappa shape index (κ2) is 7.73. The first-order valence-corrected chi connectivity index (χ1v) is 6.44. The van der Waals surface area contributed by atoms with Gasteiger partial charge in [-0.15, -0.1) is 0 Å². The molecular weight excluding hydrogens is 210 g/mol. The maximum absolute atomic E-state index is 9.27. The summed E-state index contributed by atoms with van der Waals surface area (Å²) >= 11 is 0. The van der Waals surface area contributed by atoms with E-state index < -0.39 is 0 Å². The van der Waals surface area contributed by atoms with Crippen LogP contribution in [0.25, 0.3) is 0 Å². The van der Waals surface area contributed by atoms with E-state index in [2.05, 4.69) is 13.0 Å². The maximum atomic E-state index is 9.27. The third-order valence-corrected chi connectivity index (χ3v) is 2.85. The summed E-state index contributed by atoms with van der Waals surface area (Å²) in [6, 6.07) is 10.3. The molecule has 0 saturated heterocycles. The molecule has 0 amide bonds. The number of nitrogens with zero attached hydrogens (tertiary/aromatic N) is 1. The van der Waals surface area contributed by atoms with E-state index in [0.717, 1.165) is 24.2 Å². The van der Waals surface area contributed by atoms with E-state index in [1.54, 1.807) is 0 Å². The molecule has 0 N–H and O–H groups in total. The van der Waals surface area contributed by atoms with E-state index in [9.17, 15) is 5.26 Å². The Morgan fingerprint density at radius 1 is 1.24 bits per heavy atom. The molecule has 0 fully saturated rings. The molecular formula is C15H21NO. The lowest BCUT2D eigenvalue weighted by Gasteiger charge is -2.14. The summed E-state index contributed by atoms with van der Waals surface area (Å²) in [5, 5.41) is 9.27. The van der Waals surface area contributed by atoms with Gasteiger partial charge in [0.05, 0.1) is 18.6 Å².